The molecule has 6 aliphatic rings. The van der Waals surface area contributed by atoms with E-state index in [4.69, 9.17) is 81.6 Å². The first-order valence-corrected chi connectivity index (χ1v) is 40.7. The highest BCUT2D eigenvalue weighted by Crippen LogP contribution is 2.50. The molecule has 0 bridgehead atoms. The molecule has 0 amide bonds. The molecule has 3 saturated heterocycles. The molecule has 3 aliphatic carbocycles. The van der Waals surface area contributed by atoms with Crippen molar-refractivity contribution in [1.82, 2.24) is 47.0 Å². The molecule has 14 rings (SSSR count). The molecule has 0 radical (unpaired) electrons. The number of pyridine rings is 3. The summed E-state index contributed by atoms with van der Waals surface area (Å²) in [7, 11) is 1.13. The van der Waals surface area contributed by atoms with Crippen molar-refractivity contribution >= 4 is 117 Å². The lowest BCUT2D eigenvalue weighted by molar-refractivity contribution is -0.164. The van der Waals surface area contributed by atoms with Gasteiger partial charge in [-0.15, -0.1) is 13.0 Å². The lowest BCUT2D eigenvalue weighted by atomic mass is 9.76. The Morgan fingerprint density at radius 1 is 0.500 bits per heavy atom. The number of piperidine rings is 3. The van der Waals surface area contributed by atoms with Crippen molar-refractivity contribution in [3.63, 3.8) is 0 Å². The number of nitrogens with zero attached hydrogens (tertiary/aromatic N) is 10. The zero-order valence-corrected chi connectivity index (χ0v) is 65.2. The van der Waals surface area contributed by atoms with E-state index in [2.05, 4.69) is 124 Å². The molecule has 26 heteroatoms. The van der Waals surface area contributed by atoms with Crippen LogP contribution in [0.2, 0.25) is 15.1 Å². The van der Waals surface area contributed by atoms with Gasteiger partial charge >= 0.3 is 0 Å². The second-order valence-corrected chi connectivity index (χ2v) is 32.5. The third-order valence-corrected chi connectivity index (χ3v) is 24.0. The Balaban J connectivity index is 0.000000147. The Labute approximate surface area is 640 Å². The zero-order valence-electron chi connectivity index (χ0n) is 59.7. The molecule has 3 atom stereocenters. The SMILES string of the molecule is COOSN1CCC(C2c3ccc(Cl)cc3C=C(CCCOS(C)(=O)=O)c3cccnc32)CC1.COOSN1CCC(C2c3ccc(Cl)cc3C=C(CCCn3cnc(C)c3)c3cccnc32)CC1.COOSN1CCC(C2c3ccc(Cl)cc3C=C(CCCn3cncc3C)c3cccnc32)CC1. The van der Waals surface area contributed by atoms with E-state index >= 15 is 0 Å². The maximum atomic E-state index is 11.4. The predicted molar refractivity (Wildman–Crippen MR) is 419 cm³/mol. The highest BCUT2D eigenvalue weighted by Gasteiger charge is 2.39. The zero-order chi connectivity index (χ0) is 72.5. The van der Waals surface area contributed by atoms with Crippen molar-refractivity contribution < 1.29 is 40.3 Å². The lowest BCUT2D eigenvalue weighted by Gasteiger charge is -2.35. The first-order valence-electron chi connectivity index (χ1n) is 35.6. The number of fused-ring (bicyclic) bond motifs is 6. The molecule has 0 N–H and O–H groups in total. The summed E-state index contributed by atoms with van der Waals surface area (Å²) in [6.45, 7) is 11.8. The Kier molecular flexibility index (Phi) is 28.3. The molecule has 3 aromatic carbocycles. The van der Waals surface area contributed by atoms with Gasteiger partial charge in [-0.05, 0) is 230 Å². The van der Waals surface area contributed by atoms with Crippen LogP contribution < -0.4 is 0 Å². The largest absolute Gasteiger partial charge is 0.337 e. The first kappa shape index (κ1) is 77.8. The normalized spacial score (nSPS) is 18.8. The van der Waals surface area contributed by atoms with Gasteiger partial charge in [0.1, 0.15) is 36.7 Å². The third-order valence-electron chi connectivity index (χ3n) is 20.4. The van der Waals surface area contributed by atoms with E-state index < -0.39 is 10.1 Å². The van der Waals surface area contributed by atoms with Crippen LogP contribution in [0, 0.1) is 31.6 Å². The Morgan fingerprint density at radius 3 is 1.23 bits per heavy atom. The Bertz CT molecular complexity index is 4390. The van der Waals surface area contributed by atoms with Gasteiger partial charge in [0.25, 0.3) is 10.1 Å². The van der Waals surface area contributed by atoms with Gasteiger partial charge in [-0.25, -0.2) is 37.5 Å². The number of aryl methyl sites for hydroxylation is 4. The van der Waals surface area contributed by atoms with Gasteiger partial charge in [0.2, 0.25) is 0 Å². The van der Waals surface area contributed by atoms with E-state index in [0.717, 1.165) is 161 Å². The Morgan fingerprint density at radius 2 is 0.885 bits per heavy atom. The van der Waals surface area contributed by atoms with E-state index in [1.54, 1.807) is 0 Å². The second kappa shape index (κ2) is 37.8. The van der Waals surface area contributed by atoms with Crippen molar-refractivity contribution in [3.8, 4) is 0 Å². The number of hydrogen-bond acceptors (Lipinski definition) is 20. The second-order valence-electron chi connectivity index (χ2n) is 27.1. The van der Waals surface area contributed by atoms with E-state index in [9.17, 15) is 8.42 Å². The predicted octanol–water partition coefficient (Wildman–Crippen LogP) is 18.4. The molecule has 8 heterocycles. The average molecular weight is 1550 g/mol. The van der Waals surface area contributed by atoms with E-state index in [0.29, 0.717) is 35.6 Å². The summed E-state index contributed by atoms with van der Waals surface area (Å²) in [5.74, 6) is 2.00. The molecule has 552 valence electrons. The third kappa shape index (κ3) is 20.3. The molecule has 3 unspecified atom stereocenters. The minimum absolute atomic E-state index is 0.139. The molecule has 19 nitrogen and oxygen atoms in total. The molecule has 0 saturated carbocycles. The smallest absolute Gasteiger partial charge is 0.264 e. The fraction of sp³-hybridized carbons (Fsp3) is 0.423. The van der Waals surface area contributed by atoms with Gasteiger partial charge in [0, 0.05) is 122 Å². The Hall–Kier alpha value is -5.78. The summed E-state index contributed by atoms with van der Waals surface area (Å²) in [5.41, 5.74) is 20.5. The van der Waals surface area contributed by atoms with E-state index in [1.807, 2.05) is 74.7 Å². The minimum atomic E-state index is -3.45. The molecule has 3 fully saturated rings. The maximum Gasteiger partial charge on any atom is 0.264 e. The van der Waals surface area contributed by atoms with Crippen LogP contribution in [-0.2, 0) is 55.1 Å². The fourth-order valence-corrected chi connectivity index (χ4v) is 18.1. The molecular formula is C78H91Cl3N10O9S4. The van der Waals surface area contributed by atoms with E-state index in [-0.39, 0.29) is 24.4 Å². The quantitative estimate of drug-likeness (QED) is 0.0131. The number of hydrogen-bond donors (Lipinski definition) is 0. The molecule has 3 aliphatic heterocycles. The van der Waals surface area contributed by atoms with Gasteiger partial charge in [-0.2, -0.15) is 8.42 Å². The van der Waals surface area contributed by atoms with Gasteiger partial charge in [-0.3, -0.25) is 19.1 Å². The van der Waals surface area contributed by atoms with Crippen LogP contribution in [0.3, 0.4) is 0 Å². The number of halogens is 3. The fourth-order valence-electron chi connectivity index (χ4n) is 15.6. The van der Waals surface area contributed by atoms with Crippen LogP contribution in [0.5, 0.6) is 0 Å². The lowest BCUT2D eigenvalue weighted by Crippen LogP contribution is -2.32. The van der Waals surface area contributed by atoms with Gasteiger partial charge in [0.05, 0.1) is 69.6 Å². The van der Waals surface area contributed by atoms with Crippen LogP contribution in [0.25, 0.3) is 34.9 Å². The number of imidazole rings is 2. The minimum Gasteiger partial charge on any atom is -0.337 e. The van der Waals surface area contributed by atoms with Crippen molar-refractivity contribution in [2.75, 3.05) is 73.5 Å². The monoisotopic (exact) mass is 1540 g/mol. The standard InChI is InChI=1S/2C27H31ClN4O2S.C24H29ClN2O5S2/c1-19-17-29-18-31(19)12-4-5-21-15-22-16-23(28)7-8-24(22)26(27-25(21)6-3-11-30-27)20-9-13-32(14-10-20)35-34-33-2;1-19-17-31(18-30-19)12-4-5-21-15-22-16-23(28)7-8-24(22)26(27-25(21)6-3-11-29-27)20-9-13-32(14-10-20)35-34-33-2;1-30-32-33-27-12-9-17(10-13-27)23-21-8-7-20(25)16-19(21)15-18(5-4-14-31-34(2,28)29)22-6-3-11-26-24(22)23/h2*3,6-8,11,15-18,20,26H,4-5,9-10,12-14H2,1-2H3;3,6-8,11,15-17,23H,4-5,9-10,12-14H2,1-2H3. The molecule has 8 aromatic rings. The van der Waals surface area contributed by atoms with Crippen molar-refractivity contribution in [2.24, 2.45) is 17.8 Å². The molecule has 104 heavy (non-hydrogen) atoms. The summed E-state index contributed by atoms with van der Waals surface area (Å²) in [6, 6.07) is 31.5. The van der Waals surface area contributed by atoms with Crippen molar-refractivity contribution in [1.29, 1.82) is 0 Å². The van der Waals surface area contributed by atoms with Crippen LogP contribution in [0.4, 0.5) is 0 Å². The highest BCUT2D eigenvalue weighted by atomic mass is 35.5. The van der Waals surface area contributed by atoms with Gasteiger partial charge < -0.3 is 9.13 Å². The molecular weight excluding hydrogens is 1460 g/mol. The highest BCUT2D eigenvalue weighted by molar-refractivity contribution is 7.92. The van der Waals surface area contributed by atoms with Crippen LogP contribution in [0.15, 0.2) is 135 Å². The summed E-state index contributed by atoms with van der Waals surface area (Å²) in [5, 5.41) is 2.23. The first-order chi connectivity index (χ1) is 50.6. The number of benzene rings is 3. The van der Waals surface area contributed by atoms with Crippen LogP contribution >= 0.6 is 71.5 Å². The van der Waals surface area contributed by atoms with Crippen LogP contribution in [0.1, 0.15) is 173 Å². The van der Waals surface area contributed by atoms with Crippen molar-refractivity contribution in [3.05, 3.63) is 228 Å². The van der Waals surface area contributed by atoms with Crippen LogP contribution in [-0.4, -0.2) is 129 Å². The molecule has 5 aromatic heterocycles. The summed E-state index contributed by atoms with van der Waals surface area (Å²) in [6.07, 6.45) is 33.1. The average Bonchev–Trinajstić information content (AvgIpc) is 1.61. The summed E-state index contributed by atoms with van der Waals surface area (Å²) < 4.78 is 53.9. The summed E-state index contributed by atoms with van der Waals surface area (Å²) >= 11 is 23.2. The van der Waals surface area contributed by atoms with Gasteiger partial charge in [-0.1, -0.05) is 89.4 Å². The number of rotatable bonds is 25. The number of aromatic nitrogens is 7. The van der Waals surface area contributed by atoms with Crippen molar-refractivity contribution in [2.45, 2.75) is 122 Å². The van der Waals surface area contributed by atoms with Gasteiger partial charge in [0.15, 0.2) is 0 Å². The topological polar surface area (TPSA) is 183 Å². The number of allylic oxidation sites excluding steroid dienone is 3. The summed E-state index contributed by atoms with van der Waals surface area (Å²) in [4.78, 5) is 37.8. The van der Waals surface area contributed by atoms with E-state index in [1.165, 1.54) is 125 Å². The molecule has 0 spiro atoms. The maximum absolute atomic E-state index is 11.4.